The third-order valence-electron chi connectivity index (χ3n) is 4.91. The van der Waals surface area contributed by atoms with E-state index in [0.29, 0.717) is 25.8 Å². The fourth-order valence-electron chi connectivity index (χ4n) is 3.59. The van der Waals surface area contributed by atoms with E-state index in [4.69, 9.17) is 0 Å². The van der Waals surface area contributed by atoms with Gasteiger partial charge in [-0.25, -0.2) is 0 Å². The predicted octanol–water partition coefficient (Wildman–Crippen LogP) is 1.31. The number of hydrogen-bond donors (Lipinski definition) is 1. The zero-order valence-corrected chi connectivity index (χ0v) is 14.4. The van der Waals surface area contributed by atoms with Crippen LogP contribution >= 0.6 is 0 Å². The molecule has 0 unspecified atom stereocenters. The standard InChI is InChI=1S/C19H25N3O3/c23-17-9-4-10-18(24)22(17)13-11-20-19(25)16-8-5-12-21(16)14-15-6-2-1-3-7-15/h1-3,6-7,16H,4-5,8-14H2,(H,20,25)/t16-/m0/s1. The lowest BCUT2D eigenvalue weighted by molar-refractivity contribution is -0.148. The van der Waals surface area contributed by atoms with Crippen LogP contribution < -0.4 is 5.32 Å². The van der Waals surface area contributed by atoms with Crippen molar-refractivity contribution >= 4 is 17.7 Å². The van der Waals surface area contributed by atoms with E-state index in [0.717, 1.165) is 25.9 Å². The summed E-state index contributed by atoms with van der Waals surface area (Å²) < 4.78 is 0. The molecule has 2 aliphatic rings. The van der Waals surface area contributed by atoms with E-state index >= 15 is 0 Å². The molecule has 3 amide bonds. The Morgan fingerprint density at radius 2 is 1.80 bits per heavy atom. The molecule has 6 heteroatoms. The number of piperidine rings is 1. The molecule has 134 valence electrons. The van der Waals surface area contributed by atoms with Gasteiger partial charge in [-0.15, -0.1) is 0 Å². The molecule has 0 saturated carbocycles. The SMILES string of the molecule is O=C(NCCN1C(=O)CCCC1=O)[C@@H]1CCCN1Cc1ccccc1. The van der Waals surface area contributed by atoms with Gasteiger partial charge in [-0.05, 0) is 31.4 Å². The van der Waals surface area contributed by atoms with Crippen molar-refractivity contribution in [3.8, 4) is 0 Å². The van der Waals surface area contributed by atoms with Gasteiger partial charge in [-0.2, -0.15) is 0 Å². The lowest BCUT2D eigenvalue weighted by atomic mass is 10.1. The lowest BCUT2D eigenvalue weighted by Crippen LogP contribution is -2.47. The van der Waals surface area contributed by atoms with E-state index < -0.39 is 0 Å². The van der Waals surface area contributed by atoms with Gasteiger partial charge >= 0.3 is 0 Å². The molecule has 0 aliphatic carbocycles. The average Bonchev–Trinajstić information content (AvgIpc) is 3.06. The molecule has 0 radical (unpaired) electrons. The van der Waals surface area contributed by atoms with Crippen LogP contribution in [0.2, 0.25) is 0 Å². The lowest BCUT2D eigenvalue weighted by Gasteiger charge is -2.26. The van der Waals surface area contributed by atoms with Gasteiger partial charge in [0.05, 0.1) is 6.04 Å². The zero-order valence-electron chi connectivity index (χ0n) is 14.4. The Balaban J connectivity index is 1.48. The number of amides is 3. The van der Waals surface area contributed by atoms with Crippen LogP contribution in [0.25, 0.3) is 0 Å². The molecule has 1 aromatic rings. The molecule has 2 aliphatic heterocycles. The molecule has 1 aromatic carbocycles. The normalized spacial score (nSPS) is 21.6. The third kappa shape index (κ3) is 4.45. The van der Waals surface area contributed by atoms with E-state index in [1.54, 1.807) is 0 Å². The van der Waals surface area contributed by atoms with Crippen LogP contribution in [0, 0.1) is 0 Å². The average molecular weight is 343 g/mol. The minimum Gasteiger partial charge on any atom is -0.353 e. The van der Waals surface area contributed by atoms with Crippen LogP contribution in [0.4, 0.5) is 0 Å². The molecule has 25 heavy (non-hydrogen) atoms. The van der Waals surface area contributed by atoms with Gasteiger partial charge in [0.15, 0.2) is 0 Å². The molecule has 1 atom stereocenters. The summed E-state index contributed by atoms with van der Waals surface area (Å²) in [6.45, 7) is 2.28. The number of carbonyl (C=O) groups excluding carboxylic acids is 3. The molecular formula is C19H25N3O3. The molecule has 2 saturated heterocycles. The summed E-state index contributed by atoms with van der Waals surface area (Å²) in [4.78, 5) is 39.5. The van der Waals surface area contributed by atoms with Crippen molar-refractivity contribution in [3.63, 3.8) is 0 Å². The Morgan fingerprint density at radius 3 is 2.52 bits per heavy atom. The third-order valence-corrected chi connectivity index (χ3v) is 4.91. The molecule has 1 N–H and O–H groups in total. The fourth-order valence-corrected chi connectivity index (χ4v) is 3.59. The van der Waals surface area contributed by atoms with Crippen molar-refractivity contribution in [2.75, 3.05) is 19.6 Å². The second-order valence-electron chi connectivity index (χ2n) is 6.70. The highest BCUT2D eigenvalue weighted by Crippen LogP contribution is 2.20. The van der Waals surface area contributed by atoms with Gasteiger partial charge in [0, 0.05) is 32.5 Å². The van der Waals surface area contributed by atoms with Gasteiger partial charge in [-0.3, -0.25) is 24.2 Å². The Hall–Kier alpha value is -2.21. The molecule has 3 rings (SSSR count). The van der Waals surface area contributed by atoms with E-state index in [9.17, 15) is 14.4 Å². The molecule has 2 fully saturated rings. The first kappa shape index (κ1) is 17.6. The second kappa shape index (κ2) is 8.25. The Kier molecular flexibility index (Phi) is 5.81. The van der Waals surface area contributed by atoms with Crippen LogP contribution in [-0.4, -0.2) is 53.2 Å². The smallest absolute Gasteiger partial charge is 0.237 e. The topological polar surface area (TPSA) is 69.7 Å². The summed E-state index contributed by atoms with van der Waals surface area (Å²) in [6, 6.07) is 10.0. The van der Waals surface area contributed by atoms with Crippen LogP contribution in [-0.2, 0) is 20.9 Å². The van der Waals surface area contributed by atoms with Crippen molar-refractivity contribution in [3.05, 3.63) is 35.9 Å². The van der Waals surface area contributed by atoms with Crippen LogP contribution in [0.5, 0.6) is 0 Å². The number of likely N-dealkylation sites (tertiary alicyclic amines) is 2. The summed E-state index contributed by atoms with van der Waals surface area (Å²) in [5, 5.41) is 2.90. The Bertz CT molecular complexity index is 616. The Morgan fingerprint density at radius 1 is 1.08 bits per heavy atom. The van der Waals surface area contributed by atoms with E-state index in [1.807, 2.05) is 18.2 Å². The highest BCUT2D eigenvalue weighted by Gasteiger charge is 2.31. The monoisotopic (exact) mass is 343 g/mol. The second-order valence-corrected chi connectivity index (χ2v) is 6.70. The van der Waals surface area contributed by atoms with Crippen LogP contribution in [0.15, 0.2) is 30.3 Å². The maximum absolute atomic E-state index is 12.5. The van der Waals surface area contributed by atoms with Crippen molar-refractivity contribution in [2.24, 2.45) is 0 Å². The van der Waals surface area contributed by atoms with Crippen LogP contribution in [0.3, 0.4) is 0 Å². The Labute approximate surface area is 148 Å². The molecule has 6 nitrogen and oxygen atoms in total. The highest BCUT2D eigenvalue weighted by atomic mass is 16.2. The first-order valence-corrected chi connectivity index (χ1v) is 9.04. The quantitative estimate of drug-likeness (QED) is 0.791. The summed E-state index contributed by atoms with van der Waals surface area (Å²) in [7, 11) is 0. The first-order chi connectivity index (χ1) is 12.1. The summed E-state index contributed by atoms with van der Waals surface area (Å²) in [5.41, 5.74) is 1.20. The van der Waals surface area contributed by atoms with E-state index in [2.05, 4.69) is 22.3 Å². The van der Waals surface area contributed by atoms with Crippen LogP contribution in [0.1, 0.15) is 37.7 Å². The van der Waals surface area contributed by atoms with Crippen molar-refractivity contribution in [2.45, 2.75) is 44.7 Å². The number of hydrogen-bond acceptors (Lipinski definition) is 4. The number of imide groups is 1. The fraction of sp³-hybridized carbons (Fsp3) is 0.526. The van der Waals surface area contributed by atoms with Gasteiger partial charge in [0.25, 0.3) is 0 Å². The first-order valence-electron chi connectivity index (χ1n) is 9.04. The summed E-state index contributed by atoms with van der Waals surface area (Å²) in [6.07, 6.45) is 3.34. The highest BCUT2D eigenvalue weighted by molar-refractivity contribution is 5.97. The van der Waals surface area contributed by atoms with Crippen molar-refractivity contribution < 1.29 is 14.4 Å². The molecule has 2 heterocycles. The minimum absolute atomic E-state index is 0.00895. The summed E-state index contributed by atoms with van der Waals surface area (Å²) in [5.74, 6) is -0.264. The van der Waals surface area contributed by atoms with Gasteiger partial charge in [-0.1, -0.05) is 30.3 Å². The number of nitrogens with one attached hydrogen (secondary N) is 1. The zero-order chi connectivity index (χ0) is 17.6. The van der Waals surface area contributed by atoms with Gasteiger partial charge in [0.2, 0.25) is 17.7 Å². The molecule has 0 spiro atoms. The van der Waals surface area contributed by atoms with Crippen molar-refractivity contribution in [1.82, 2.24) is 15.1 Å². The number of benzene rings is 1. The summed E-state index contributed by atoms with van der Waals surface area (Å²) >= 11 is 0. The number of carbonyl (C=O) groups is 3. The maximum Gasteiger partial charge on any atom is 0.237 e. The largest absolute Gasteiger partial charge is 0.353 e. The molecular weight excluding hydrogens is 318 g/mol. The van der Waals surface area contributed by atoms with Crippen molar-refractivity contribution in [1.29, 1.82) is 0 Å². The van der Waals surface area contributed by atoms with Gasteiger partial charge < -0.3 is 5.32 Å². The van der Waals surface area contributed by atoms with E-state index in [-0.39, 0.29) is 30.3 Å². The minimum atomic E-state index is -0.132. The number of nitrogens with zero attached hydrogens (tertiary/aromatic N) is 2. The molecule has 0 aromatic heterocycles. The number of rotatable bonds is 6. The predicted molar refractivity (Wildman–Crippen MR) is 93.5 cm³/mol. The molecule has 0 bridgehead atoms. The van der Waals surface area contributed by atoms with E-state index in [1.165, 1.54) is 10.5 Å². The maximum atomic E-state index is 12.5. The van der Waals surface area contributed by atoms with Gasteiger partial charge in [0.1, 0.15) is 0 Å².